The number of halogens is 1. The van der Waals surface area contributed by atoms with Crippen LogP contribution in [0.25, 0.3) is 11.0 Å². The van der Waals surface area contributed by atoms with Crippen molar-refractivity contribution in [3.63, 3.8) is 0 Å². The number of nitrogens with one attached hydrogen (secondary N) is 2. The molecule has 6 rings (SSSR count). The normalized spacial score (nSPS) is 14.5. The molecular formula is C33H37BrN6O. The summed E-state index contributed by atoms with van der Waals surface area (Å²) >= 11 is 0. The van der Waals surface area contributed by atoms with Crippen molar-refractivity contribution in [3.05, 3.63) is 119 Å². The molecule has 0 aliphatic heterocycles. The van der Waals surface area contributed by atoms with Gasteiger partial charge in [-0.1, -0.05) is 42.5 Å². The van der Waals surface area contributed by atoms with Crippen molar-refractivity contribution >= 4 is 28.0 Å². The topological polar surface area (TPSA) is 79.0 Å². The number of H-pyrrole nitrogens is 1. The Morgan fingerprint density at radius 1 is 0.902 bits per heavy atom. The van der Waals surface area contributed by atoms with Gasteiger partial charge in [-0.2, -0.15) is 0 Å². The first-order chi connectivity index (χ1) is 19.8. The molecule has 3 aromatic heterocycles. The standard InChI is InChI=1S/C33H36N6O.BrH/c1-2-40-31-13-7-18-35-29(31)21-34-20-24-14-16-25(17-15-24)22-39(23-32-37-27-10-3-4-11-28(27)38-32)30-12-5-8-26-9-6-19-36-33(26)30;/h3-4,6-7,9-11,13-19,30,34H,2,5,8,12,20-23H2,1H3,(H,37,38);1H. The summed E-state index contributed by atoms with van der Waals surface area (Å²) in [7, 11) is 0. The van der Waals surface area contributed by atoms with E-state index in [0.29, 0.717) is 13.2 Å². The number of imidazole rings is 1. The molecule has 1 unspecified atom stereocenters. The van der Waals surface area contributed by atoms with Gasteiger partial charge in [-0.25, -0.2) is 4.98 Å². The first kappa shape index (κ1) is 28.9. The third-order valence-electron chi connectivity index (χ3n) is 7.58. The van der Waals surface area contributed by atoms with Crippen molar-refractivity contribution < 1.29 is 4.74 Å². The maximum Gasteiger partial charge on any atom is 0.142 e. The molecule has 212 valence electrons. The molecule has 5 aromatic rings. The number of hydrogen-bond donors (Lipinski definition) is 2. The van der Waals surface area contributed by atoms with Crippen molar-refractivity contribution in [3.8, 4) is 5.75 Å². The average molecular weight is 614 g/mol. The van der Waals surface area contributed by atoms with Crippen molar-refractivity contribution in [2.24, 2.45) is 0 Å². The van der Waals surface area contributed by atoms with E-state index >= 15 is 0 Å². The fourth-order valence-corrected chi connectivity index (χ4v) is 5.65. The van der Waals surface area contributed by atoms with Crippen molar-refractivity contribution in [1.29, 1.82) is 0 Å². The predicted molar refractivity (Wildman–Crippen MR) is 168 cm³/mol. The lowest BCUT2D eigenvalue weighted by molar-refractivity contribution is 0.153. The fraction of sp³-hybridized carbons (Fsp3) is 0.303. The molecular weight excluding hydrogens is 576 g/mol. The Balaban J connectivity index is 0.00000337. The Bertz CT molecular complexity index is 1520. The van der Waals surface area contributed by atoms with Crippen molar-refractivity contribution in [2.75, 3.05) is 6.61 Å². The summed E-state index contributed by atoms with van der Waals surface area (Å²) in [6.45, 7) is 5.63. The van der Waals surface area contributed by atoms with Crippen LogP contribution in [0.1, 0.15) is 59.7 Å². The number of hydrogen-bond acceptors (Lipinski definition) is 6. The van der Waals surface area contributed by atoms with E-state index in [0.717, 1.165) is 60.8 Å². The van der Waals surface area contributed by atoms with E-state index in [1.54, 1.807) is 0 Å². The van der Waals surface area contributed by atoms with Crippen molar-refractivity contribution in [2.45, 2.75) is 58.4 Å². The number of aromatic nitrogens is 4. The Kier molecular flexibility index (Phi) is 9.77. The van der Waals surface area contributed by atoms with E-state index in [1.165, 1.54) is 28.8 Å². The Hall–Kier alpha value is -3.59. The SMILES string of the molecule is Br.CCOc1cccnc1CNCc1ccc(CN(Cc2nc3ccccc3[nH]2)C2CCCc3cccnc32)cc1. The molecule has 0 bridgehead atoms. The van der Waals surface area contributed by atoms with Gasteiger partial charge in [0.05, 0.1) is 41.6 Å². The van der Waals surface area contributed by atoms with Crippen LogP contribution in [0.5, 0.6) is 5.75 Å². The summed E-state index contributed by atoms with van der Waals surface area (Å²) in [5.74, 6) is 1.84. The molecule has 2 N–H and O–H groups in total. The lowest BCUT2D eigenvalue weighted by Gasteiger charge is -2.34. The highest BCUT2D eigenvalue weighted by Gasteiger charge is 2.28. The van der Waals surface area contributed by atoms with E-state index in [4.69, 9.17) is 14.7 Å². The molecule has 0 saturated heterocycles. The van der Waals surface area contributed by atoms with Gasteiger partial charge < -0.3 is 15.0 Å². The van der Waals surface area contributed by atoms with Gasteiger partial charge in [0.1, 0.15) is 11.6 Å². The molecule has 2 aromatic carbocycles. The second-order valence-corrected chi connectivity index (χ2v) is 10.4. The first-order valence-electron chi connectivity index (χ1n) is 14.2. The minimum Gasteiger partial charge on any atom is -0.492 e. The number of para-hydroxylation sites is 2. The highest BCUT2D eigenvalue weighted by atomic mass is 79.9. The van der Waals surface area contributed by atoms with Gasteiger partial charge in [0.25, 0.3) is 0 Å². The molecule has 0 spiro atoms. The third-order valence-corrected chi connectivity index (χ3v) is 7.58. The van der Waals surface area contributed by atoms with Gasteiger partial charge in [0.2, 0.25) is 0 Å². The smallest absolute Gasteiger partial charge is 0.142 e. The van der Waals surface area contributed by atoms with Crippen LogP contribution < -0.4 is 10.1 Å². The van der Waals surface area contributed by atoms with Crippen LogP contribution in [-0.4, -0.2) is 31.4 Å². The Morgan fingerprint density at radius 3 is 2.56 bits per heavy atom. The largest absolute Gasteiger partial charge is 0.492 e. The summed E-state index contributed by atoms with van der Waals surface area (Å²) in [5, 5.41) is 3.51. The molecule has 3 heterocycles. The Labute approximate surface area is 252 Å². The summed E-state index contributed by atoms with van der Waals surface area (Å²) in [6, 6.07) is 25.6. The van der Waals surface area contributed by atoms with Crippen LogP contribution in [0.3, 0.4) is 0 Å². The number of rotatable bonds is 11. The van der Waals surface area contributed by atoms with Crippen LogP contribution in [0.2, 0.25) is 0 Å². The number of nitrogens with zero attached hydrogens (tertiary/aromatic N) is 4. The second-order valence-electron chi connectivity index (χ2n) is 10.4. The molecule has 0 fully saturated rings. The van der Waals surface area contributed by atoms with Crippen LogP contribution >= 0.6 is 17.0 Å². The van der Waals surface area contributed by atoms with E-state index < -0.39 is 0 Å². The lowest BCUT2D eigenvalue weighted by atomic mass is 9.90. The quantitative estimate of drug-likeness (QED) is 0.173. The van der Waals surface area contributed by atoms with Crippen LogP contribution in [0.4, 0.5) is 0 Å². The third kappa shape index (κ3) is 7.01. The molecule has 8 heteroatoms. The van der Waals surface area contributed by atoms with Gasteiger partial charge in [-0.05, 0) is 73.2 Å². The van der Waals surface area contributed by atoms with Gasteiger partial charge >= 0.3 is 0 Å². The van der Waals surface area contributed by atoms with E-state index in [9.17, 15) is 0 Å². The number of aryl methyl sites for hydroxylation is 1. The second kappa shape index (κ2) is 13.9. The van der Waals surface area contributed by atoms with Crippen molar-refractivity contribution in [1.82, 2.24) is 30.2 Å². The molecule has 7 nitrogen and oxygen atoms in total. The first-order valence-corrected chi connectivity index (χ1v) is 14.2. The molecule has 0 radical (unpaired) electrons. The van der Waals surface area contributed by atoms with E-state index in [1.807, 2.05) is 43.6 Å². The molecule has 0 saturated carbocycles. The molecule has 1 aliphatic carbocycles. The summed E-state index contributed by atoms with van der Waals surface area (Å²) in [4.78, 5) is 20.3. The fourth-order valence-electron chi connectivity index (χ4n) is 5.65. The predicted octanol–water partition coefficient (Wildman–Crippen LogP) is 6.70. The summed E-state index contributed by atoms with van der Waals surface area (Å²) in [5.41, 5.74) is 8.13. The maximum absolute atomic E-state index is 5.71. The zero-order valence-corrected chi connectivity index (χ0v) is 25.1. The monoisotopic (exact) mass is 612 g/mol. The number of pyridine rings is 2. The number of benzene rings is 2. The van der Waals surface area contributed by atoms with Crippen LogP contribution in [-0.2, 0) is 32.6 Å². The average Bonchev–Trinajstić information content (AvgIpc) is 3.41. The number of fused-ring (bicyclic) bond motifs is 2. The summed E-state index contributed by atoms with van der Waals surface area (Å²) in [6.07, 6.45) is 7.12. The summed E-state index contributed by atoms with van der Waals surface area (Å²) < 4.78 is 5.71. The van der Waals surface area contributed by atoms with Gasteiger partial charge in [-0.3, -0.25) is 14.9 Å². The Morgan fingerprint density at radius 2 is 1.71 bits per heavy atom. The highest BCUT2D eigenvalue weighted by Crippen LogP contribution is 2.34. The maximum atomic E-state index is 5.71. The van der Waals surface area contributed by atoms with Gasteiger partial charge in [0, 0.05) is 32.0 Å². The zero-order chi connectivity index (χ0) is 27.1. The van der Waals surface area contributed by atoms with Gasteiger partial charge in [-0.15, -0.1) is 17.0 Å². The van der Waals surface area contributed by atoms with E-state index in [-0.39, 0.29) is 23.0 Å². The van der Waals surface area contributed by atoms with Crippen LogP contribution in [0, 0.1) is 0 Å². The highest BCUT2D eigenvalue weighted by molar-refractivity contribution is 8.93. The molecule has 1 atom stereocenters. The van der Waals surface area contributed by atoms with Gasteiger partial charge in [0.15, 0.2) is 0 Å². The van der Waals surface area contributed by atoms with Crippen LogP contribution in [0.15, 0.2) is 85.2 Å². The molecule has 41 heavy (non-hydrogen) atoms. The minimum atomic E-state index is 0. The molecule has 1 aliphatic rings. The van der Waals surface area contributed by atoms with E-state index in [2.05, 4.69) is 68.7 Å². The number of aromatic amines is 1. The molecule has 0 amide bonds. The zero-order valence-electron chi connectivity index (χ0n) is 23.4. The number of ether oxygens (including phenoxy) is 1. The minimum absolute atomic E-state index is 0. The lowest BCUT2D eigenvalue weighted by Crippen LogP contribution is -2.31.